The van der Waals surface area contributed by atoms with Crippen LogP contribution in [0, 0.1) is 11.3 Å². The molecule has 2 rings (SSSR count). The minimum absolute atomic E-state index is 0.178. The number of carbonyl (C=O) groups is 2. The van der Waals surface area contributed by atoms with Crippen LogP contribution in [0.15, 0.2) is 42.6 Å². The molecule has 1 heterocycles. The molecule has 0 aliphatic heterocycles. The van der Waals surface area contributed by atoms with Crippen molar-refractivity contribution in [3.63, 3.8) is 0 Å². The topological polar surface area (TPSA) is 94.9 Å². The van der Waals surface area contributed by atoms with Crippen molar-refractivity contribution in [2.75, 3.05) is 5.32 Å². The lowest BCUT2D eigenvalue weighted by Crippen LogP contribution is -2.41. The highest BCUT2D eigenvalue weighted by atomic mass is 16.2. The molecule has 0 bridgehead atoms. The van der Waals surface area contributed by atoms with E-state index in [1.165, 1.54) is 18.3 Å². The van der Waals surface area contributed by atoms with Crippen LogP contribution < -0.4 is 10.6 Å². The van der Waals surface area contributed by atoms with E-state index in [0.29, 0.717) is 16.8 Å². The predicted octanol–water partition coefficient (Wildman–Crippen LogP) is 2.73. The molecule has 0 aliphatic carbocycles. The van der Waals surface area contributed by atoms with Crippen molar-refractivity contribution >= 4 is 17.5 Å². The van der Waals surface area contributed by atoms with Gasteiger partial charge in [0.05, 0.1) is 11.6 Å². The van der Waals surface area contributed by atoms with Gasteiger partial charge in [-0.05, 0) is 57.2 Å². The van der Waals surface area contributed by atoms with Crippen LogP contribution in [0.5, 0.6) is 0 Å². The van der Waals surface area contributed by atoms with E-state index < -0.39 is 0 Å². The van der Waals surface area contributed by atoms with Crippen LogP contribution in [-0.4, -0.2) is 22.3 Å². The second kappa shape index (κ2) is 6.92. The number of benzene rings is 1. The van der Waals surface area contributed by atoms with Crippen LogP contribution in [0.3, 0.4) is 0 Å². The third-order valence-corrected chi connectivity index (χ3v) is 3.02. The zero-order valence-electron chi connectivity index (χ0n) is 13.8. The summed E-state index contributed by atoms with van der Waals surface area (Å²) in [4.78, 5) is 28.4. The van der Waals surface area contributed by atoms with E-state index >= 15 is 0 Å². The monoisotopic (exact) mass is 322 g/mol. The minimum Gasteiger partial charge on any atom is -0.346 e. The van der Waals surface area contributed by atoms with Crippen LogP contribution in [0.25, 0.3) is 0 Å². The van der Waals surface area contributed by atoms with E-state index in [2.05, 4.69) is 15.6 Å². The number of amides is 2. The molecule has 0 saturated carbocycles. The Hall–Kier alpha value is -3.20. The highest BCUT2D eigenvalue weighted by Crippen LogP contribution is 2.12. The summed E-state index contributed by atoms with van der Waals surface area (Å²) >= 11 is 0. The lowest BCUT2D eigenvalue weighted by Gasteiger charge is -2.20. The van der Waals surface area contributed by atoms with Crippen LogP contribution in [-0.2, 0) is 0 Å². The molecule has 122 valence electrons. The van der Waals surface area contributed by atoms with Gasteiger partial charge in [-0.15, -0.1) is 0 Å². The van der Waals surface area contributed by atoms with Gasteiger partial charge >= 0.3 is 0 Å². The molecule has 6 heteroatoms. The van der Waals surface area contributed by atoms with Gasteiger partial charge in [0.1, 0.15) is 5.69 Å². The highest BCUT2D eigenvalue weighted by molar-refractivity contribution is 6.05. The van der Waals surface area contributed by atoms with E-state index in [9.17, 15) is 9.59 Å². The van der Waals surface area contributed by atoms with E-state index in [4.69, 9.17) is 5.26 Å². The molecule has 0 unspecified atom stereocenters. The number of anilines is 1. The number of aromatic nitrogens is 1. The first-order valence-corrected chi connectivity index (χ1v) is 7.38. The number of rotatable bonds is 3. The zero-order chi connectivity index (χ0) is 17.7. The van der Waals surface area contributed by atoms with Crippen molar-refractivity contribution in [2.45, 2.75) is 26.3 Å². The van der Waals surface area contributed by atoms with Crippen molar-refractivity contribution in [3.05, 3.63) is 59.4 Å². The molecular weight excluding hydrogens is 304 g/mol. The number of hydrogen-bond donors (Lipinski definition) is 2. The molecular formula is C18H18N4O2. The van der Waals surface area contributed by atoms with E-state index in [0.717, 1.165) is 0 Å². The molecule has 0 fully saturated rings. The number of pyridine rings is 1. The van der Waals surface area contributed by atoms with E-state index in [1.807, 2.05) is 26.8 Å². The molecule has 2 amide bonds. The minimum atomic E-state index is -0.389. The molecule has 24 heavy (non-hydrogen) atoms. The Kier molecular flexibility index (Phi) is 4.95. The number of hydrogen-bond acceptors (Lipinski definition) is 4. The van der Waals surface area contributed by atoms with E-state index in [1.54, 1.807) is 24.3 Å². The van der Waals surface area contributed by atoms with Gasteiger partial charge < -0.3 is 10.6 Å². The second-order valence-electron chi connectivity index (χ2n) is 6.28. The van der Waals surface area contributed by atoms with Gasteiger partial charge in [0.15, 0.2) is 0 Å². The average molecular weight is 322 g/mol. The van der Waals surface area contributed by atoms with E-state index in [-0.39, 0.29) is 23.0 Å². The largest absolute Gasteiger partial charge is 0.346 e. The summed E-state index contributed by atoms with van der Waals surface area (Å²) < 4.78 is 0. The van der Waals surface area contributed by atoms with Gasteiger partial charge in [0.2, 0.25) is 0 Å². The quantitative estimate of drug-likeness (QED) is 0.908. The maximum Gasteiger partial charge on any atom is 0.270 e. The molecule has 1 aromatic carbocycles. The summed E-state index contributed by atoms with van der Waals surface area (Å²) in [6, 6.07) is 11.5. The molecule has 6 nitrogen and oxygen atoms in total. The fourth-order valence-electron chi connectivity index (χ4n) is 1.93. The average Bonchev–Trinajstić information content (AvgIpc) is 2.54. The molecule has 0 atom stereocenters. The van der Waals surface area contributed by atoms with Gasteiger partial charge in [0.25, 0.3) is 11.8 Å². The zero-order valence-corrected chi connectivity index (χ0v) is 13.8. The van der Waals surface area contributed by atoms with Crippen LogP contribution in [0.2, 0.25) is 0 Å². The van der Waals surface area contributed by atoms with Crippen LogP contribution >= 0.6 is 0 Å². The van der Waals surface area contributed by atoms with Gasteiger partial charge in [-0.2, -0.15) is 5.26 Å². The number of carbonyl (C=O) groups excluding carboxylic acids is 2. The number of nitrogens with one attached hydrogen (secondary N) is 2. The summed E-state index contributed by atoms with van der Waals surface area (Å²) in [6.07, 6.45) is 1.42. The Labute approximate surface area is 140 Å². The maximum absolute atomic E-state index is 12.3. The maximum atomic E-state index is 12.3. The fourth-order valence-corrected chi connectivity index (χ4v) is 1.93. The van der Waals surface area contributed by atoms with Crippen molar-refractivity contribution < 1.29 is 9.59 Å². The third-order valence-electron chi connectivity index (χ3n) is 3.02. The summed E-state index contributed by atoms with van der Waals surface area (Å²) in [7, 11) is 0. The first-order chi connectivity index (χ1) is 11.3. The Balaban J connectivity index is 2.13. The van der Waals surface area contributed by atoms with Crippen LogP contribution in [0.1, 0.15) is 47.2 Å². The summed E-state index contributed by atoms with van der Waals surface area (Å²) in [6.45, 7) is 5.60. The van der Waals surface area contributed by atoms with Crippen molar-refractivity contribution in [3.8, 4) is 6.07 Å². The van der Waals surface area contributed by atoms with Crippen molar-refractivity contribution in [1.82, 2.24) is 10.3 Å². The highest BCUT2D eigenvalue weighted by Gasteiger charge is 2.17. The first kappa shape index (κ1) is 17.2. The molecule has 1 aromatic heterocycles. The second-order valence-corrected chi connectivity index (χ2v) is 6.28. The van der Waals surface area contributed by atoms with Gasteiger partial charge in [-0.3, -0.25) is 14.6 Å². The molecule has 0 saturated heterocycles. The lowest BCUT2D eigenvalue weighted by molar-refractivity contribution is 0.0914. The van der Waals surface area contributed by atoms with Gasteiger partial charge in [0, 0.05) is 23.0 Å². The predicted molar refractivity (Wildman–Crippen MR) is 90.6 cm³/mol. The fraction of sp³-hybridized carbons (Fsp3) is 0.222. The number of nitrogens with zero attached hydrogens (tertiary/aromatic N) is 2. The van der Waals surface area contributed by atoms with Gasteiger partial charge in [-0.1, -0.05) is 0 Å². The molecule has 0 aliphatic rings. The Bertz CT molecular complexity index is 799. The standard InChI is InChI=1S/C18H18N4O2/c1-18(2,3)22-17(24)15-10-13(8-9-20-15)16(23)21-14-6-4-12(11-19)5-7-14/h4-10H,1-3H3,(H,21,23)(H,22,24). The first-order valence-electron chi connectivity index (χ1n) is 7.38. The van der Waals surface area contributed by atoms with Crippen LogP contribution in [0.4, 0.5) is 5.69 Å². The Morgan fingerprint density at radius 3 is 2.33 bits per heavy atom. The summed E-state index contributed by atoms with van der Waals surface area (Å²) in [5.41, 5.74) is 1.19. The number of nitriles is 1. The SMILES string of the molecule is CC(C)(C)NC(=O)c1cc(C(=O)Nc2ccc(C#N)cc2)ccn1. The Morgan fingerprint density at radius 1 is 1.08 bits per heavy atom. The smallest absolute Gasteiger partial charge is 0.270 e. The lowest BCUT2D eigenvalue weighted by atomic mass is 10.1. The summed E-state index contributed by atoms with van der Waals surface area (Å²) in [5.74, 6) is -0.692. The molecule has 0 spiro atoms. The third kappa shape index (κ3) is 4.65. The molecule has 2 aromatic rings. The van der Waals surface area contributed by atoms with Crippen molar-refractivity contribution in [1.29, 1.82) is 5.26 Å². The van der Waals surface area contributed by atoms with Crippen molar-refractivity contribution in [2.24, 2.45) is 0 Å². The molecule has 2 N–H and O–H groups in total. The normalized spacial score (nSPS) is 10.6. The molecule has 0 radical (unpaired) electrons. The van der Waals surface area contributed by atoms with Gasteiger partial charge in [-0.25, -0.2) is 0 Å². The summed E-state index contributed by atoms with van der Waals surface area (Å²) in [5, 5.41) is 14.3. The Morgan fingerprint density at radius 2 is 1.75 bits per heavy atom.